The fourth-order valence-electron chi connectivity index (χ4n) is 4.09. The third-order valence-corrected chi connectivity index (χ3v) is 5.91. The van der Waals surface area contributed by atoms with Crippen LogP contribution in [0.2, 0.25) is 0 Å². The summed E-state index contributed by atoms with van der Waals surface area (Å²) in [7, 11) is 0. The number of morpholine rings is 1. The zero-order chi connectivity index (χ0) is 22.8. The molecule has 4 aromatic heterocycles. The van der Waals surface area contributed by atoms with E-state index in [4.69, 9.17) is 19.7 Å². The van der Waals surface area contributed by atoms with Gasteiger partial charge in [0.1, 0.15) is 17.3 Å². The summed E-state index contributed by atoms with van der Waals surface area (Å²) < 4.78 is 7.56. The van der Waals surface area contributed by atoms with Gasteiger partial charge >= 0.3 is 0 Å². The Morgan fingerprint density at radius 2 is 1.76 bits per heavy atom. The van der Waals surface area contributed by atoms with E-state index in [-0.39, 0.29) is 5.41 Å². The van der Waals surface area contributed by atoms with Gasteiger partial charge in [-0.3, -0.25) is 4.98 Å². The van der Waals surface area contributed by atoms with Crippen molar-refractivity contribution in [3.8, 4) is 0 Å². The van der Waals surface area contributed by atoms with E-state index in [1.165, 1.54) is 5.56 Å². The lowest BCUT2D eigenvalue weighted by Crippen LogP contribution is -2.37. The van der Waals surface area contributed by atoms with Crippen molar-refractivity contribution in [3.05, 3.63) is 83.5 Å². The normalized spacial score (nSPS) is 14.7. The Balaban J connectivity index is 1.47. The number of ether oxygens (including phenoxy) is 1. The summed E-state index contributed by atoms with van der Waals surface area (Å²) >= 11 is 0. The second kappa shape index (κ2) is 8.90. The van der Waals surface area contributed by atoms with Crippen LogP contribution < -0.4 is 4.90 Å². The summed E-state index contributed by atoms with van der Waals surface area (Å²) in [6.07, 6.45) is 7.15. The van der Waals surface area contributed by atoms with Crippen LogP contribution in [-0.2, 0) is 23.0 Å². The Labute approximate surface area is 194 Å². The SMILES string of the molecule is CC(C)(C)c1cccc(Cc2nc(Cc3ccn4ccnc4c3)cc(N3CCOCC3)n2)n1. The number of nitrogens with zero attached hydrogens (tertiary/aromatic N) is 6. The molecular formula is C26H30N6O. The number of pyridine rings is 2. The predicted octanol–water partition coefficient (Wildman–Crippen LogP) is 3.84. The van der Waals surface area contributed by atoms with Crippen LogP contribution in [0.1, 0.15) is 49.2 Å². The Morgan fingerprint density at radius 1 is 0.909 bits per heavy atom. The molecule has 1 fully saturated rings. The van der Waals surface area contributed by atoms with Crippen molar-refractivity contribution in [2.24, 2.45) is 0 Å². The number of anilines is 1. The smallest absolute Gasteiger partial charge is 0.136 e. The Bertz CT molecular complexity index is 1250. The highest BCUT2D eigenvalue weighted by molar-refractivity contribution is 5.45. The molecule has 7 heteroatoms. The third kappa shape index (κ3) is 5.03. The highest BCUT2D eigenvalue weighted by Gasteiger charge is 2.18. The lowest BCUT2D eigenvalue weighted by molar-refractivity contribution is 0.122. The number of hydrogen-bond acceptors (Lipinski definition) is 6. The molecule has 1 saturated heterocycles. The van der Waals surface area contributed by atoms with Gasteiger partial charge in [0.2, 0.25) is 0 Å². The van der Waals surface area contributed by atoms with Crippen LogP contribution in [0.25, 0.3) is 5.65 Å². The molecule has 5 rings (SSSR count). The molecule has 0 saturated carbocycles. The van der Waals surface area contributed by atoms with Gasteiger partial charge in [-0.2, -0.15) is 0 Å². The third-order valence-electron chi connectivity index (χ3n) is 5.91. The average molecular weight is 443 g/mol. The minimum absolute atomic E-state index is 0.00314. The van der Waals surface area contributed by atoms with Crippen molar-refractivity contribution in [2.45, 2.75) is 39.0 Å². The van der Waals surface area contributed by atoms with E-state index < -0.39 is 0 Å². The second-order valence-electron chi connectivity index (χ2n) is 9.58. The summed E-state index contributed by atoms with van der Waals surface area (Å²) in [6, 6.07) is 12.6. The van der Waals surface area contributed by atoms with Crippen LogP contribution in [0, 0.1) is 0 Å². The van der Waals surface area contributed by atoms with Gasteiger partial charge in [-0.05, 0) is 29.8 Å². The minimum atomic E-state index is 0.00314. The molecule has 0 atom stereocenters. The summed E-state index contributed by atoms with van der Waals surface area (Å²) in [5, 5.41) is 0. The quantitative estimate of drug-likeness (QED) is 0.468. The molecule has 7 nitrogen and oxygen atoms in total. The van der Waals surface area contributed by atoms with Crippen molar-refractivity contribution in [2.75, 3.05) is 31.2 Å². The summed E-state index contributed by atoms with van der Waals surface area (Å²) in [5.74, 6) is 1.77. The van der Waals surface area contributed by atoms with E-state index >= 15 is 0 Å². The van der Waals surface area contributed by atoms with Crippen molar-refractivity contribution in [3.63, 3.8) is 0 Å². The number of aromatic nitrogens is 5. The predicted molar refractivity (Wildman–Crippen MR) is 129 cm³/mol. The zero-order valence-electron chi connectivity index (χ0n) is 19.5. The highest BCUT2D eigenvalue weighted by Crippen LogP contribution is 2.22. The van der Waals surface area contributed by atoms with E-state index in [0.717, 1.165) is 67.1 Å². The molecular weight excluding hydrogens is 412 g/mol. The first-order chi connectivity index (χ1) is 15.9. The van der Waals surface area contributed by atoms with Crippen LogP contribution in [0.5, 0.6) is 0 Å². The van der Waals surface area contributed by atoms with Gasteiger partial charge < -0.3 is 14.0 Å². The van der Waals surface area contributed by atoms with E-state index in [9.17, 15) is 0 Å². The van der Waals surface area contributed by atoms with Crippen LogP contribution in [0.3, 0.4) is 0 Å². The molecule has 1 aliphatic rings. The first-order valence-electron chi connectivity index (χ1n) is 11.5. The van der Waals surface area contributed by atoms with E-state index in [0.29, 0.717) is 6.42 Å². The molecule has 170 valence electrons. The molecule has 1 aliphatic heterocycles. The molecule has 0 amide bonds. The average Bonchev–Trinajstić information content (AvgIpc) is 3.27. The van der Waals surface area contributed by atoms with Crippen LogP contribution in [0.4, 0.5) is 5.82 Å². The van der Waals surface area contributed by atoms with Gasteiger partial charge in [0.05, 0.1) is 25.3 Å². The van der Waals surface area contributed by atoms with Crippen molar-refractivity contribution in [1.82, 2.24) is 24.3 Å². The summed E-state index contributed by atoms with van der Waals surface area (Å²) in [6.45, 7) is 9.68. The highest BCUT2D eigenvalue weighted by atomic mass is 16.5. The van der Waals surface area contributed by atoms with Crippen molar-refractivity contribution >= 4 is 11.5 Å². The fraction of sp³-hybridized carbons (Fsp3) is 0.385. The van der Waals surface area contributed by atoms with Crippen molar-refractivity contribution in [1.29, 1.82) is 0 Å². The maximum atomic E-state index is 5.55. The molecule has 0 N–H and O–H groups in total. The van der Waals surface area contributed by atoms with Gasteiger partial charge in [-0.1, -0.05) is 26.8 Å². The maximum absolute atomic E-state index is 5.55. The maximum Gasteiger partial charge on any atom is 0.136 e. The van der Waals surface area contributed by atoms with Gasteiger partial charge in [0, 0.05) is 61.0 Å². The van der Waals surface area contributed by atoms with Gasteiger partial charge in [-0.25, -0.2) is 15.0 Å². The molecule has 0 radical (unpaired) electrons. The summed E-state index contributed by atoms with van der Waals surface area (Å²) in [5.41, 5.74) is 5.20. The number of rotatable bonds is 5. The van der Waals surface area contributed by atoms with E-state index in [2.05, 4.69) is 67.1 Å². The molecule has 0 aromatic carbocycles. The van der Waals surface area contributed by atoms with Gasteiger partial charge in [0.25, 0.3) is 0 Å². The molecule has 0 unspecified atom stereocenters. The van der Waals surface area contributed by atoms with Crippen LogP contribution >= 0.6 is 0 Å². The molecule has 0 bridgehead atoms. The summed E-state index contributed by atoms with van der Waals surface area (Å²) in [4.78, 5) is 21.5. The Hall–Kier alpha value is -3.32. The molecule has 5 heterocycles. The molecule has 33 heavy (non-hydrogen) atoms. The Kier molecular flexibility index (Phi) is 5.81. The first kappa shape index (κ1) is 21.5. The zero-order valence-corrected chi connectivity index (χ0v) is 19.5. The molecule has 0 spiro atoms. The standard InChI is InChI=1S/C26H30N6O/c1-26(2,3)22-6-4-5-20(28-22)17-23-29-21(18-25(30-23)32-11-13-33-14-12-32)15-19-7-9-31-10-8-27-24(31)16-19/h4-10,16,18H,11-15,17H2,1-3H3. The molecule has 4 aromatic rings. The minimum Gasteiger partial charge on any atom is -0.378 e. The molecule has 0 aliphatic carbocycles. The van der Waals surface area contributed by atoms with E-state index in [1.807, 2.05) is 23.0 Å². The second-order valence-corrected chi connectivity index (χ2v) is 9.58. The largest absolute Gasteiger partial charge is 0.378 e. The van der Waals surface area contributed by atoms with Crippen LogP contribution in [0.15, 0.2) is 55.0 Å². The van der Waals surface area contributed by atoms with Crippen LogP contribution in [-0.4, -0.2) is 50.6 Å². The monoisotopic (exact) mass is 442 g/mol. The first-order valence-corrected chi connectivity index (χ1v) is 11.5. The van der Waals surface area contributed by atoms with Gasteiger partial charge in [0.15, 0.2) is 0 Å². The topological polar surface area (TPSA) is 68.4 Å². The number of fused-ring (bicyclic) bond motifs is 1. The number of hydrogen-bond donors (Lipinski definition) is 0. The van der Waals surface area contributed by atoms with Crippen molar-refractivity contribution < 1.29 is 4.74 Å². The lowest BCUT2D eigenvalue weighted by Gasteiger charge is -2.28. The van der Waals surface area contributed by atoms with Gasteiger partial charge in [-0.15, -0.1) is 0 Å². The van der Waals surface area contributed by atoms with E-state index in [1.54, 1.807) is 0 Å². The number of imidazole rings is 1. The Morgan fingerprint density at radius 3 is 2.58 bits per heavy atom. The fourth-order valence-corrected chi connectivity index (χ4v) is 4.09. The lowest BCUT2D eigenvalue weighted by atomic mass is 9.91.